The summed E-state index contributed by atoms with van der Waals surface area (Å²) >= 11 is 0. The molecule has 0 fully saturated rings. The summed E-state index contributed by atoms with van der Waals surface area (Å²) in [5.74, 6) is 5.92. The van der Waals surface area contributed by atoms with Crippen molar-refractivity contribution in [3.63, 3.8) is 0 Å². The fraction of sp³-hybridized carbons (Fsp3) is 0.118. The van der Waals surface area contributed by atoms with Gasteiger partial charge in [0.05, 0.1) is 5.52 Å². The molecular formula is C17H16FN3. The summed E-state index contributed by atoms with van der Waals surface area (Å²) in [4.78, 5) is 4.60. The van der Waals surface area contributed by atoms with Crippen molar-refractivity contribution < 1.29 is 4.39 Å². The van der Waals surface area contributed by atoms with Crippen LogP contribution in [0.3, 0.4) is 0 Å². The van der Waals surface area contributed by atoms with Crippen molar-refractivity contribution in [1.82, 2.24) is 4.98 Å². The van der Waals surface area contributed by atoms with Crippen LogP contribution in [0.5, 0.6) is 0 Å². The van der Waals surface area contributed by atoms with Crippen LogP contribution >= 0.6 is 0 Å². The number of anilines is 1. The van der Waals surface area contributed by atoms with Crippen LogP contribution in [0.1, 0.15) is 11.1 Å². The van der Waals surface area contributed by atoms with Crippen LogP contribution in [-0.2, 0) is 0 Å². The van der Waals surface area contributed by atoms with Gasteiger partial charge in [-0.3, -0.25) is 0 Å². The van der Waals surface area contributed by atoms with Gasteiger partial charge in [0.15, 0.2) is 0 Å². The van der Waals surface area contributed by atoms with Gasteiger partial charge in [0.1, 0.15) is 11.6 Å². The van der Waals surface area contributed by atoms with E-state index in [4.69, 9.17) is 5.84 Å². The van der Waals surface area contributed by atoms with Crippen LogP contribution in [0.4, 0.5) is 10.2 Å². The average molecular weight is 281 g/mol. The van der Waals surface area contributed by atoms with Gasteiger partial charge >= 0.3 is 0 Å². The fourth-order valence-corrected chi connectivity index (χ4v) is 2.61. The zero-order chi connectivity index (χ0) is 15.0. The maximum Gasteiger partial charge on any atom is 0.148 e. The smallest absolute Gasteiger partial charge is 0.148 e. The number of aromatic nitrogens is 1. The Morgan fingerprint density at radius 2 is 1.76 bits per heavy atom. The van der Waals surface area contributed by atoms with E-state index in [1.165, 1.54) is 17.7 Å². The molecule has 0 saturated heterocycles. The molecule has 1 heterocycles. The standard InChI is InChI=1S/C17H16FN3/c1-10-7-11(2)16-13(8-10)9-15(17(20-16)21-19)12-3-5-14(18)6-4-12/h3-9H,19H2,1-2H3,(H,20,21). The predicted molar refractivity (Wildman–Crippen MR) is 84.4 cm³/mol. The lowest BCUT2D eigenvalue weighted by Crippen LogP contribution is -2.10. The van der Waals surface area contributed by atoms with Crippen molar-refractivity contribution in [2.45, 2.75) is 13.8 Å². The lowest BCUT2D eigenvalue weighted by molar-refractivity contribution is 0.628. The van der Waals surface area contributed by atoms with E-state index < -0.39 is 0 Å². The topological polar surface area (TPSA) is 50.9 Å². The minimum Gasteiger partial charge on any atom is -0.308 e. The number of rotatable bonds is 2. The van der Waals surface area contributed by atoms with Crippen molar-refractivity contribution in [2.24, 2.45) is 5.84 Å². The Balaban J connectivity index is 2.28. The largest absolute Gasteiger partial charge is 0.308 e. The molecule has 106 valence electrons. The molecule has 0 atom stereocenters. The Bertz CT molecular complexity index is 810. The van der Waals surface area contributed by atoms with Crippen LogP contribution in [0.15, 0.2) is 42.5 Å². The fourth-order valence-electron chi connectivity index (χ4n) is 2.61. The average Bonchev–Trinajstić information content (AvgIpc) is 2.47. The van der Waals surface area contributed by atoms with Crippen molar-refractivity contribution in [3.05, 3.63) is 59.4 Å². The number of benzene rings is 2. The van der Waals surface area contributed by atoms with Crippen LogP contribution in [0, 0.1) is 19.7 Å². The summed E-state index contributed by atoms with van der Waals surface area (Å²) in [5.41, 5.74) is 7.57. The molecule has 0 spiro atoms. The monoisotopic (exact) mass is 281 g/mol. The van der Waals surface area contributed by atoms with Gasteiger partial charge in [-0.05, 0) is 49.2 Å². The second-order valence-corrected chi connectivity index (χ2v) is 5.19. The molecular weight excluding hydrogens is 265 g/mol. The third-order valence-electron chi connectivity index (χ3n) is 3.54. The van der Waals surface area contributed by atoms with Gasteiger partial charge in [0.25, 0.3) is 0 Å². The molecule has 3 aromatic rings. The Kier molecular flexibility index (Phi) is 3.31. The van der Waals surface area contributed by atoms with Crippen LogP contribution in [0.2, 0.25) is 0 Å². The van der Waals surface area contributed by atoms with E-state index in [9.17, 15) is 4.39 Å². The Hall–Kier alpha value is -2.46. The first-order valence-electron chi connectivity index (χ1n) is 6.73. The molecule has 0 aliphatic carbocycles. The van der Waals surface area contributed by atoms with Crippen LogP contribution in [-0.4, -0.2) is 4.98 Å². The molecule has 0 bridgehead atoms. The van der Waals surface area contributed by atoms with Crippen molar-refractivity contribution in [3.8, 4) is 11.1 Å². The number of halogens is 1. The number of aryl methyl sites for hydroxylation is 2. The van der Waals surface area contributed by atoms with Gasteiger partial charge in [-0.15, -0.1) is 0 Å². The second-order valence-electron chi connectivity index (χ2n) is 5.19. The maximum atomic E-state index is 13.1. The maximum absolute atomic E-state index is 13.1. The van der Waals surface area contributed by atoms with Crippen LogP contribution in [0.25, 0.3) is 22.0 Å². The van der Waals surface area contributed by atoms with E-state index >= 15 is 0 Å². The van der Waals surface area contributed by atoms with E-state index in [-0.39, 0.29) is 5.82 Å². The third-order valence-corrected chi connectivity index (χ3v) is 3.54. The number of hydrogen-bond donors (Lipinski definition) is 2. The number of nitrogen functional groups attached to an aromatic ring is 1. The summed E-state index contributed by atoms with van der Waals surface area (Å²) in [6, 6.07) is 12.5. The highest BCUT2D eigenvalue weighted by atomic mass is 19.1. The highest BCUT2D eigenvalue weighted by Crippen LogP contribution is 2.31. The quantitative estimate of drug-likeness (QED) is 0.552. The normalized spacial score (nSPS) is 10.9. The number of nitrogens with zero attached hydrogens (tertiary/aromatic N) is 1. The van der Waals surface area contributed by atoms with Gasteiger partial charge in [0.2, 0.25) is 0 Å². The second kappa shape index (κ2) is 5.14. The van der Waals surface area contributed by atoms with E-state index in [1.54, 1.807) is 12.1 Å². The highest BCUT2D eigenvalue weighted by molar-refractivity contribution is 5.91. The minimum absolute atomic E-state index is 0.263. The predicted octanol–water partition coefficient (Wildman–Crippen LogP) is 3.94. The molecule has 4 heteroatoms. The Morgan fingerprint density at radius 3 is 2.43 bits per heavy atom. The molecule has 21 heavy (non-hydrogen) atoms. The molecule has 3 N–H and O–H groups in total. The third kappa shape index (κ3) is 2.45. The number of nitrogens with one attached hydrogen (secondary N) is 1. The first-order chi connectivity index (χ1) is 10.1. The molecule has 0 aliphatic rings. The summed E-state index contributed by atoms with van der Waals surface area (Å²) in [6.45, 7) is 4.08. The number of pyridine rings is 1. The molecule has 0 radical (unpaired) electrons. The van der Waals surface area contributed by atoms with Gasteiger partial charge < -0.3 is 5.43 Å². The number of fused-ring (bicyclic) bond motifs is 1. The summed E-state index contributed by atoms with van der Waals surface area (Å²) in [6.07, 6.45) is 0. The molecule has 0 aliphatic heterocycles. The van der Waals surface area contributed by atoms with E-state index in [0.717, 1.165) is 27.6 Å². The molecule has 1 aromatic heterocycles. The number of nitrogens with two attached hydrogens (primary N) is 1. The minimum atomic E-state index is -0.263. The Labute approximate surface area is 122 Å². The summed E-state index contributed by atoms with van der Waals surface area (Å²) < 4.78 is 13.1. The summed E-state index contributed by atoms with van der Waals surface area (Å²) in [7, 11) is 0. The molecule has 0 amide bonds. The first kappa shape index (κ1) is 13.5. The van der Waals surface area contributed by atoms with Crippen LogP contribution < -0.4 is 11.3 Å². The SMILES string of the molecule is Cc1cc(C)c2nc(NN)c(-c3ccc(F)cc3)cc2c1. The molecule has 3 rings (SSSR count). The first-order valence-corrected chi connectivity index (χ1v) is 6.73. The molecule has 3 nitrogen and oxygen atoms in total. The lowest BCUT2D eigenvalue weighted by Gasteiger charge is -2.12. The van der Waals surface area contributed by atoms with Gasteiger partial charge in [-0.1, -0.05) is 23.8 Å². The number of hydrogen-bond acceptors (Lipinski definition) is 3. The van der Waals surface area contributed by atoms with Crippen molar-refractivity contribution >= 4 is 16.7 Å². The van der Waals surface area contributed by atoms with Gasteiger partial charge in [-0.2, -0.15) is 0 Å². The molecule has 0 saturated carbocycles. The van der Waals surface area contributed by atoms with E-state index in [0.29, 0.717) is 5.82 Å². The lowest BCUT2D eigenvalue weighted by atomic mass is 10.0. The Morgan fingerprint density at radius 1 is 1.05 bits per heavy atom. The van der Waals surface area contributed by atoms with E-state index in [2.05, 4.69) is 29.5 Å². The van der Waals surface area contributed by atoms with Crippen molar-refractivity contribution in [1.29, 1.82) is 0 Å². The van der Waals surface area contributed by atoms with E-state index in [1.807, 2.05) is 13.0 Å². The number of hydrazine groups is 1. The van der Waals surface area contributed by atoms with Gasteiger partial charge in [0, 0.05) is 10.9 Å². The molecule has 0 unspecified atom stereocenters. The zero-order valence-corrected chi connectivity index (χ0v) is 11.9. The van der Waals surface area contributed by atoms with Gasteiger partial charge in [-0.25, -0.2) is 15.2 Å². The zero-order valence-electron chi connectivity index (χ0n) is 11.9. The van der Waals surface area contributed by atoms with Crippen molar-refractivity contribution in [2.75, 3.05) is 5.43 Å². The molecule has 2 aromatic carbocycles. The summed E-state index contributed by atoms with van der Waals surface area (Å²) in [5, 5.41) is 1.05. The highest BCUT2D eigenvalue weighted by Gasteiger charge is 2.10.